The van der Waals surface area contributed by atoms with Crippen LogP contribution in [0, 0.1) is 0 Å². The Bertz CT molecular complexity index is 1620. The van der Waals surface area contributed by atoms with E-state index in [1.54, 1.807) is 42.4 Å². The molecular weight excluding hydrogens is 622 g/mol. The third-order valence-corrected chi connectivity index (χ3v) is 8.36. The van der Waals surface area contributed by atoms with Crippen LogP contribution in [0.25, 0.3) is 6.08 Å². The van der Waals surface area contributed by atoms with E-state index in [4.69, 9.17) is 60.9 Å². The Morgan fingerprint density at radius 2 is 1.51 bits per heavy atom. The van der Waals surface area contributed by atoms with Crippen LogP contribution in [0.2, 0.25) is 20.1 Å². The van der Waals surface area contributed by atoms with Crippen molar-refractivity contribution in [2.75, 3.05) is 7.11 Å². The summed E-state index contributed by atoms with van der Waals surface area (Å²) < 4.78 is 11.1. The molecule has 41 heavy (non-hydrogen) atoms. The number of rotatable bonds is 8. The van der Waals surface area contributed by atoms with Gasteiger partial charge in [-0.05, 0) is 83.1 Å². The molecule has 0 aliphatic carbocycles. The van der Waals surface area contributed by atoms with E-state index in [1.807, 2.05) is 60.7 Å². The lowest BCUT2D eigenvalue weighted by Crippen LogP contribution is -2.28. The molecule has 5 rings (SSSR count). The number of thioether (sulfide) groups is 1. The van der Waals surface area contributed by atoms with Gasteiger partial charge < -0.3 is 9.47 Å². The Labute approximate surface area is 262 Å². The number of methoxy groups -OCH3 is 1. The Hall–Kier alpha value is -3.13. The van der Waals surface area contributed by atoms with Gasteiger partial charge in [-0.25, -0.2) is 4.99 Å². The molecule has 1 amide bonds. The number of halogens is 4. The fourth-order valence-corrected chi connectivity index (χ4v) is 5.93. The minimum atomic E-state index is -0.173. The van der Waals surface area contributed by atoms with Gasteiger partial charge in [-0.1, -0.05) is 82.8 Å². The molecule has 0 unspecified atom stereocenters. The first-order valence-corrected chi connectivity index (χ1v) is 14.7. The minimum Gasteiger partial charge on any atom is -0.497 e. The van der Waals surface area contributed by atoms with E-state index in [0.717, 1.165) is 22.6 Å². The van der Waals surface area contributed by atoms with Crippen LogP contribution < -0.4 is 9.47 Å². The zero-order valence-electron chi connectivity index (χ0n) is 21.6. The van der Waals surface area contributed by atoms with Crippen molar-refractivity contribution in [2.45, 2.75) is 13.2 Å². The van der Waals surface area contributed by atoms with Crippen LogP contribution in [0.4, 0.5) is 5.69 Å². The molecule has 10 heteroatoms. The maximum absolute atomic E-state index is 13.6. The largest absolute Gasteiger partial charge is 0.497 e. The van der Waals surface area contributed by atoms with Crippen molar-refractivity contribution in [1.82, 2.24) is 4.90 Å². The van der Waals surface area contributed by atoms with Gasteiger partial charge >= 0.3 is 0 Å². The lowest BCUT2D eigenvalue weighted by atomic mass is 10.2. The molecule has 0 atom stereocenters. The van der Waals surface area contributed by atoms with Crippen LogP contribution in [-0.2, 0) is 17.9 Å². The van der Waals surface area contributed by atoms with Gasteiger partial charge in [-0.3, -0.25) is 9.69 Å². The topological polar surface area (TPSA) is 51.1 Å². The predicted molar refractivity (Wildman–Crippen MR) is 170 cm³/mol. The van der Waals surface area contributed by atoms with Crippen molar-refractivity contribution < 1.29 is 14.3 Å². The summed E-state index contributed by atoms with van der Waals surface area (Å²) in [6.07, 6.45) is 1.75. The number of hydrogen-bond donors (Lipinski definition) is 0. The summed E-state index contributed by atoms with van der Waals surface area (Å²) >= 11 is 26.5. The van der Waals surface area contributed by atoms with Crippen LogP contribution in [0.1, 0.15) is 16.7 Å². The van der Waals surface area contributed by atoms with Gasteiger partial charge in [0, 0.05) is 0 Å². The predicted octanol–water partition coefficient (Wildman–Crippen LogP) is 9.69. The molecule has 1 saturated heterocycles. The second kappa shape index (κ2) is 13.2. The van der Waals surface area contributed by atoms with Crippen LogP contribution in [-0.4, -0.2) is 23.1 Å². The maximum Gasteiger partial charge on any atom is 0.267 e. The summed E-state index contributed by atoms with van der Waals surface area (Å²) in [7, 11) is 1.62. The van der Waals surface area contributed by atoms with E-state index >= 15 is 0 Å². The van der Waals surface area contributed by atoms with Crippen molar-refractivity contribution in [3.8, 4) is 11.5 Å². The molecular formula is C31H22Cl4N2O3S. The molecule has 1 heterocycles. The first-order chi connectivity index (χ1) is 19.8. The highest BCUT2D eigenvalue weighted by atomic mass is 35.5. The van der Waals surface area contributed by atoms with Crippen LogP contribution >= 0.6 is 58.2 Å². The molecule has 0 radical (unpaired) electrons. The summed E-state index contributed by atoms with van der Waals surface area (Å²) in [5, 5.41) is 2.09. The zero-order valence-corrected chi connectivity index (χ0v) is 25.5. The first-order valence-electron chi connectivity index (χ1n) is 12.3. The maximum atomic E-state index is 13.6. The second-order valence-electron chi connectivity index (χ2n) is 8.93. The molecule has 1 fully saturated rings. The number of nitrogens with zero attached hydrogens (tertiary/aromatic N) is 2. The lowest BCUT2D eigenvalue weighted by Gasteiger charge is -2.16. The zero-order chi connectivity index (χ0) is 28.9. The van der Waals surface area contributed by atoms with Crippen molar-refractivity contribution in [2.24, 2.45) is 4.99 Å². The highest BCUT2D eigenvalue weighted by Gasteiger charge is 2.33. The molecule has 0 aromatic heterocycles. The number of para-hydroxylation sites is 1. The number of amidine groups is 1. The van der Waals surface area contributed by atoms with Gasteiger partial charge in [-0.15, -0.1) is 0 Å². The molecule has 4 aromatic carbocycles. The van der Waals surface area contributed by atoms with Crippen molar-refractivity contribution >= 4 is 81.0 Å². The van der Waals surface area contributed by atoms with E-state index in [-0.39, 0.29) is 12.5 Å². The number of aliphatic imine (C=N–C) groups is 1. The number of amides is 1. The smallest absolute Gasteiger partial charge is 0.267 e. The third kappa shape index (κ3) is 7.21. The van der Waals surface area contributed by atoms with Gasteiger partial charge in [0.2, 0.25) is 0 Å². The van der Waals surface area contributed by atoms with E-state index < -0.39 is 0 Å². The van der Waals surface area contributed by atoms with Crippen LogP contribution in [0.5, 0.6) is 11.5 Å². The van der Waals surface area contributed by atoms with Gasteiger partial charge in [0.1, 0.15) is 12.4 Å². The van der Waals surface area contributed by atoms with Gasteiger partial charge in [0.15, 0.2) is 10.9 Å². The molecule has 4 aromatic rings. The average Bonchev–Trinajstić information content (AvgIpc) is 3.24. The van der Waals surface area contributed by atoms with E-state index in [1.165, 1.54) is 11.8 Å². The molecule has 0 saturated carbocycles. The van der Waals surface area contributed by atoms with E-state index in [0.29, 0.717) is 48.0 Å². The molecule has 5 nitrogen and oxygen atoms in total. The molecule has 208 valence electrons. The standard InChI is InChI=1S/C31H22Cl4N2O3S/c1-39-23-10-7-19(8-11-23)17-37-30(38)28(41-31(37)36-22-5-3-2-4-6-22)16-21-14-26(34)29(27(35)15-21)40-18-20-9-12-24(32)25(33)13-20/h2-16H,17-18H2,1H3/b28-16-,36-31?. The molecule has 0 bridgehead atoms. The lowest BCUT2D eigenvalue weighted by molar-refractivity contribution is -0.122. The Kier molecular flexibility index (Phi) is 9.48. The first kappa shape index (κ1) is 29.4. The minimum absolute atomic E-state index is 0.173. The van der Waals surface area contributed by atoms with Crippen LogP contribution in [0.3, 0.4) is 0 Å². The SMILES string of the molecule is COc1ccc(CN2C(=O)/C(=C/c3cc(Cl)c(OCc4ccc(Cl)c(Cl)c4)c(Cl)c3)SC2=Nc2ccccc2)cc1. The molecule has 1 aliphatic heterocycles. The van der Waals surface area contributed by atoms with Crippen molar-refractivity contribution in [3.05, 3.63) is 127 Å². The number of benzene rings is 4. The number of carbonyl (C=O) groups excluding carboxylic acids is 1. The normalized spacial score (nSPS) is 15.1. The second-order valence-corrected chi connectivity index (χ2v) is 11.6. The fourth-order valence-electron chi connectivity index (χ4n) is 3.99. The van der Waals surface area contributed by atoms with Crippen molar-refractivity contribution in [1.29, 1.82) is 0 Å². The van der Waals surface area contributed by atoms with Crippen molar-refractivity contribution in [3.63, 3.8) is 0 Å². The Morgan fingerprint density at radius 1 is 0.829 bits per heavy atom. The summed E-state index contributed by atoms with van der Waals surface area (Å²) in [5.41, 5.74) is 3.16. The fraction of sp³-hybridized carbons (Fsp3) is 0.0968. The number of carbonyl (C=O) groups is 1. The molecule has 1 aliphatic rings. The Morgan fingerprint density at radius 3 is 2.17 bits per heavy atom. The van der Waals surface area contributed by atoms with Gasteiger partial charge in [-0.2, -0.15) is 0 Å². The molecule has 0 spiro atoms. The van der Waals surface area contributed by atoms with Gasteiger partial charge in [0.05, 0.1) is 44.3 Å². The third-order valence-electron chi connectivity index (χ3n) is 6.05. The van der Waals surface area contributed by atoms with Crippen LogP contribution in [0.15, 0.2) is 94.8 Å². The molecule has 0 N–H and O–H groups in total. The summed E-state index contributed by atoms with van der Waals surface area (Å²) in [5.74, 6) is 0.903. The highest BCUT2D eigenvalue weighted by Crippen LogP contribution is 2.39. The van der Waals surface area contributed by atoms with Gasteiger partial charge in [0.25, 0.3) is 5.91 Å². The monoisotopic (exact) mass is 642 g/mol. The Balaban J connectivity index is 1.40. The average molecular weight is 644 g/mol. The van der Waals surface area contributed by atoms with E-state index in [9.17, 15) is 4.79 Å². The summed E-state index contributed by atoms with van der Waals surface area (Å²) in [6, 6.07) is 25.7. The van der Waals surface area contributed by atoms with E-state index in [2.05, 4.69) is 0 Å². The highest BCUT2D eigenvalue weighted by molar-refractivity contribution is 8.18. The quantitative estimate of drug-likeness (QED) is 0.179. The summed E-state index contributed by atoms with van der Waals surface area (Å²) in [4.78, 5) is 20.5. The number of ether oxygens (including phenoxy) is 2. The number of hydrogen-bond acceptors (Lipinski definition) is 5. The summed E-state index contributed by atoms with van der Waals surface area (Å²) in [6.45, 7) is 0.548.